The van der Waals surface area contributed by atoms with Crippen molar-refractivity contribution in [1.82, 2.24) is 24.3 Å². The Morgan fingerprint density at radius 1 is 1.00 bits per heavy atom. The van der Waals surface area contributed by atoms with Gasteiger partial charge < -0.3 is 14.5 Å². The Kier molecular flexibility index (Phi) is 3.92. The largest absolute Gasteiger partial charge is 0.338 e. The van der Waals surface area contributed by atoms with E-state index in [1.54, 1.807) is 37.5 Å². The lowest BCUT2D eigenvalue weighted by molar-refractivity contribution is 0.0516. The third-order valence-electron chi connectivity index (χ3n) is 5.95. The number of aromatic nitrogens is 3. The maximum absolute atomic E-state index is 13.0. The number of benzene rings is 1. The molecule has 2 aromatic heterocycles. The van der Waals surface area contributed by atoms with Crippen LogP contribution in [0.4, 0.5) is 0 Å². The number of nitrogens with zero attached hydrogens (tertiary/aromatic N) is 4. The molecule has 0 saturated carbocycles. The summed E-state index contributed by atoms with van der Waals surface area (Å²) in [7, 11) is 3.72. The van der Waals surface area contributed by atoms with Crippen LogP contribution in [0.15, 0.2) is 35.3 Å². The molecule has 0 atom stereocenters. The number of amides is 2. The van der Waals surface area contributed by atoms with E-state index >= 15 is 0 Å². The van der Waals surface area contributed by atoms with Crippen LogP contribution in [0.3, 0.4) is 0 Å². The number of H-pyrrole nitrogens is 1. The maximum Gasteiger partial charge on any atom is 0.261 e. The summed E-state index contributed by atoms with van der Waals surface area (Å²) in [6, 6.07) is 6.76. The summed E-state index contributed by atoms with van der Waals surface area (Å²) in [6.07, 6.45) is 3.26. The van der Waals surface area contributed by atoms with Crippen molar-refractivity contribution in [1.29, 1.82) is 0 Å². The number of piperidine rings is 1. The minimum absolute atomic E-state index is 0.0622. The lowest BCUT2D eigenvalue weighted by Crippen LogP contribution is -2.46. The van der Waals surface area contributed by atoms with E-state index in [0.717, 1.165) is 25.9 Å². The quantitative estimate of drug-likeness (QED) is 0.671. The highest BCUT2D eigenvalue weighted by molar-refractivity contribution is 6.23. The number of nitrogens with one attached hydrogen (secondary N) is 1. The van der Waals surface area contributed by atoms with E-state index < -0.39 is 0 Å². The molecule has 29 heavy (non-hydrogen) atoms. The second-order valence-electron chi connectivity index (χ2n) is 7.85. The van der Waals surface area contributed by atoms with Crippen molar-refractivity contribution in [2.24, 2.45) is 7.05 Å². The molecule has 5 rings (SSSR count). The van der Waals surface area contributed by atoms with Gasteiger partial charge in [0.2, 0.25) is 0 Å². The number of fused-ring (bicyclic) bond motifs is 2. The second-order valence-corrected chi connectivity index (χ2v) is 7.85. The van der Waals surface area contributed by atoms with E-state index in [1.165, 1.54) is 9.47 Å². The smallest absolute Gasteiger partial charge is 0.261 e. The number of pyridine rings is 1. The Morgan fingerprint density at radius 3 is 2.41 bits per heavy atom. The van der Waals surface area contributed by atoms with E-state index in [2.05, 4.69) is 14.9 Å². The van der Waals surface area contributed by atoms with Crippen LogP contribution in [0.2, 0.25) is 0 Å². The first-order valence-corrected chi connectivity index (χ1v) is 9.70. The van der Waals surface area contributed by atoms with Gasteiger partial charge >= 0.3 is 0 Å². The summed E-state index contributed by atoms with van der Waals surface area (Å²) in [6.45, 7) is 1.74. The molecule has 1 fully saturated rings. The van der Waals surface area contributed by atoms with Gasteiger partial charge in [-0.3, -0.25) is 19.3 Å². The number of imide groups is 1. The molecular formula is C21H21N5O3. The van der Waals surface area contributed by atoms with Crippen molar-refractivity contribution in [3.05, 3.63) is 51.9 Å². The topological polar surface area (TPSA) is 91.3 Å². The fourth-order valence-electron chi connectivity index (χ4n) is 4.25. The van der Waals surface area contributed by atoms with E-state index in [4.69, 9.17) is 0 Å². The number of aryl methyl sites for hydroxylation is 1. The van der Waals surface area contributed by atoms with Gasteiger partial charge in [0.1, 0.15) is 5.82 Å². The fraction of sp³-hybridized carbons (Fsp3) is 0.333. The maximum atomic E-state index is 13.0. The molecule has 8 nitrogen and oxygen atoms in total. The average molecular weight is 391 g/mol. The molecule has 2 amide bonds. The van der Waals surface area contributed by atoms with Gasteiger partial charge in [0.05, 0.1) is 27.7 Å². The van der Waals surface area contributed by atoms with Crippen LogP contribution in [0.25, 0.3) is 22.4 Å². The fourth-order valence-corrected chi connectivity index (χ4v) is 4.25. The first-order valence-electron chi connectivity index (χ1n) is 9.70. The van der Waals surface area contributed by atoms with Crippen LogP contribution in [-0.4, -0.2) is 62.3 Å². The van der Waals surface area contributed by atoms with Crippen molar-refractivity contribution < 1.29 is 9.59 Å². The summed E-state index contributed by atoms with van der Waals surface area (Å²) in [5.74, 6) is -0.0631. The summed E-state index contributed by atoms with van der Waals surface area (Å²) < 4.78 is 1.48. The van der Waals surface area contributed by atoms with Gasteiger partial charge in [-0.25, -0.2) is 4.98 Å². The second kappa shape index (κ2) is 6.38. The van der Waals surface area contributed by atoms with Gasteiger partial charge in [-0.05, 0) is 57.2 Å². The summed E-state index contributed by atoms with van der Waals surface area (Å²) >= 11 is 0. The molecule has 0 spiro atoms. The van der Waals surface area contributed by atoms with Crippen molar-refractivity contribution in [2.45, 2.75) is 18.9 Å². The Hall–Kier alpha value is -3.26. The van der Waals surface area contributed by atoms with Crippen molar-refractivity contribution in [3.8, 4) is 11.4 Å². The van der Waals surface area contributed by atoms with Crippen LogP contribution >= 0.6 is 0 Å². The first-order chi connectivity index (χ1) is 13.9. The number of aromatic amines is 1. The van der Waals surface area contributed by atoms with Gasteiger partial charge in [-0.2, -0.15) is 0 Å². The predicted molar refractivity (Wildman–Crippen MR) is 108 cm³/mol. The van der Waals surface area contributed by atoms with Crippen LogP contribution < -0.4 is 5.56 Å². The normalized spacial score (nSPS) is 18.1. The number of hydrogen-bond acceptors (Lipinski definition) is 5. The standard InChI is InChI=1S/C21H21N5O3/c1-24-8-5-12(6-9-24)26-20(28)14-10-16-17(11-15(14)21(26)29)23-18(22-16)13-4-3-7-25(2)19(13)27/h3-4,7,10-12H,5-6,8-9H2,1-2H3,(H,22,23). The molecule has 0 radical (unpaired) electrons. The zero-order chi connectivity index (χ0) is 20.3. The van der Waals surface area contributed by atoms with Gasteiger partial charge in [-0.1, -0.05) is 0 Å². The molecule has 1 aromatic carbocycles. The van der Waals surface area contributed by atoms with Crippen molar-refractivity contribution in [3.63, 3.8) is 0 Å². The number of carbonyl (C=O) groups excluding carboxylic acids is 2. The molecule has 8 heteroatoms. The first kappa shape index (κ1) is 17.8. The zero-order valence-electron chi connectivity index (χ0n) is 16.3. The molecule has 2 aliphatic rings. The third kappa shape index (κ3) is 2.71. The molecule has 1 N–H and O–H groups in total. The van der Waals surface area contributed by atoms with E-state index in [0.29, 0.717) is 33.5 Å². The Labute approximate surface area is 166 Å². The predicted octanol–water partition coefficient (Wildman–Crippen LogP) is 1.62. The van der Waals surface area contributed by atoms with Gasteiger partial charge in [-0.15, -0.1) is 0 Å². The third-order valence-corrected chi connectivity index (χ3v) is 5.95. The zero-order valence-corrected chi connectivity index (χ0v) is 16.3. The highest BCUT2D eigenvalue weighted by atomic mass is 16.2. The lowest BCUT2D eigenvalue weighted by Gasteiger charge is -2.33. The van der Waals surface area contributed by atoms with E-state index in [-0.39, 0.29) is 23.4 Å². The molecule has 0 unspecified atom stereocenters. The number of carbonyl (C=O) groups is 2. The molecule has 1 saturated heterocycles. The van der Waals surface area contributed by atoms with E-state index in [9.17, 15) is 14.4 Å². The van der Waals surface area contributed by atoms with Gasteiger partial charge in [0, 0.05) is 19.3 Å². The highest BCUT2D eigenvalue weighted by Crippen LogP contribution is 2.31. The lowest BCUT2D eigenvalue weighted by atomic mass is 10.0. The molecule has 148 valence electrons. The Morgan fingerprint density at radius 2 is 1.69 bits per heavy atom. The Bertz CT molecular complexity index is 1160. The molecular weight excluding hydrogens is 370 g/mol. The number of likely N-dealkylation sites (tertiary alicyclic amines) is 1. The number of hydrogen-bond donors (Lipinski definition) is 1. The van der Waals surface area contributed by atoms with E-state index in [1.807, 2.05) is 7.05 Å². The SMILES string of the molecule is CN1CCC(N2C(=O)c3cc4nc(-c5cccn(C)c5=O)[nH]c4cc3C2=O)CC1. The summed E-state index contributed by atoms with van der Waals surface area (Å²) in [4.78, 5) is 49.7. The minimum Gasteiger partial charge on any atom is -0.338 e. The van der Waals surface area contributed by atoms with Gasteiger partial charge in [0.15, 0.2) is 0 Å². The molecule has 0 bridgehead atoms. The monoisotopic (exact) mass is 391 g/mol. The molecule has 4 heterocycles. The van der Waals surface area contributed by atoms with Crippen LogP contribution in [0.5, 0.6) is 0 Å². The molecule has 0 aliphatic carbocycles. The van der Waals surface area contributed by atoms with Crippen LogP contribution in [-0.2, 0) is 7.05 Å². The van der Waals surface area contributed by atoms with Crippen LogP contribution in [0, 0.1) is 0 Å². The van der Waals surface area contributed by atoms with Crippen LogP contribution in [0.1, 0.15) is 33.6 Å². The minimum atomic E-state index is -0.248. The number of rotatable bonds is 2. The number of imidazole rings is 1. The molecule has 3 aromatic rings. The molecule has 2 aliphatic heterocycles. The van der Waals surface area contributed by atoms with Crippen molar-refractivity contribution >= 4 is 22.8 Å². The average Bonchev–Trinajstić information content (AvgIpc) is 3.22. The highest BCUT2D eigenvalue weighted by Gasteiger charge is 2.41. The summed E-state index contributed by atoms with van der Waals surface area (Å²) in [5.41, 5.74) is 2.27. The summed E-state index contributed by atoms with van der Waals surface area (Å²) in [5, 5.41) is 0. The Balaban J connectivity index is 1.54. The van der Waals surface area contributed by atoms with Gasteiger partial charge in [0.25, 0.3) is 17.4 Å². The van der Waals surface area contributed by atoms with Crippen molar-refractivity contribution in [2.75, 3.05) is 20.1 Å².